The van der Waals surface area contributed by atoms with Crippen molar-refractivity contribution in [1.29, 1.82) is 0 Å². The summed E-state index contributed by atoms with van der Waals surface area (Å²) in [6.45, 7) is 0.490. The van der Waals surface area contributed by atoms with Gasteiger partial charge in [-0.2, -0.15) is 0 Å². The van der Waals surface area contributed by atoms with E-state index in [4.69, 9.17) is 15.6 Å². The number of aliphatic carboxylic acids is 1. The molecule has 1 unspecified atom stereocenters. The number of ether oxygens (including phenoxy) is 1. The number of rotatable bonds is 6. The van der Waals surface area contributed by atoms with Crippen LogP contribution in [0.25, 0.3) is 0 Å². The standard InChI is InChI=1S/C14H18FNO3/c15-11-4-10(13(7-16)14(17)18)5-12(6-11)19-8-9-2-1-3-9/h4-6,9,13H,1-3,7-8,16H2,(H,17,18). The van der Waals surface area contributed by atoms with E-state index in [0.717, 1.165) is 12.8 Å². The van der Waals surface area contributed by atoms with Gasteiger partial charge in [0.1, 0.15) is 11.6 Å². The van der Waals surface area contributed by atoms with Crippen molar-refractivity contribution in [2.45, 2.75) is 25.2 Å². The van der Waals surface area contributed by atoms with Gasteiger partial charge < -0.3 is 15.6 Å². The lowest BCUT2D eigenvalue weighted by Gasteiger charge is -2.25. The molecule has 3 N–H and O–H groups in total. The fourth-order valence-electron chi connectivity index (χ4n) is 2.12. The predicted molar refractivity (Wildman–Crippen MR) is 68.7 cm³/mol. The Labute approximate surface area is 111 Å². The van der Waals surface area contributed by atoms with E-state index in [1.165, 1.54) is 18.6 Å². The van der Waals surface area contributed by atoms with Gasteiger partial charge in [0.15, 0.2) is 0 Å². The second-order valence-corrected chi connectivity index (χ2v) is 4.95. The van der Waals surface area contributed by atoms with Crippen LogP contribution in [0.3, 0.4) is 0 Å². The SMILES string of the molecule is NCC(C(=O)O)c1cc(F)cc(OCC2CCC2)c1. The third kappa shape index (κ3) is 3.44. The molecule has 0 bridgehead atoms. The van der Waals surface area contributed by atoms with Gasteiger partial charge in [0.2, 0.25) is 0 Å². The third-order valence-corrected chi connectivity index (χ3v) is 3.54. The summed E-state index contributed by atoms with van der Waals surface area (Å²) in [5.74, 6) is -1.54. The zero-order valence-corrected chi connectivity index (χ0v) is 10.6. The van der Waals surface area contributed by atoms with E-state index in [1.54, 1.807) is 6.07 Å². The number of hydrogen-bond acceptors (Lipinski definition) is 3. The van der Waals surface area contributed by atoms with Crippen LogP contribution >= 0.6 is 0 Å². The van der Waals surface area contributed by atoms with Gasteiger partial charge in [0.25, 0.3) is 0 Å². The fraction of sp³-hybridized carbons (Fsp3) is 0.500. The molecule has 1 saturated carbocycles. The van der Waals surface area contributed by atoms with E-state index >= 15 is 0 Å². The molecule has 1 aromatic carbocycles. The summed E-state index contributed by atoms with van der Waals surface area (Å²) in [4.78, 5) is 11.0. The highest BCUT2D eigenvalue weighted by molar-refractivity contribution is 5.76. The molecule has 1 aliphatic rings. The van der Waals surface area contributed by atoms with Gasteiger partial charge in [-0.15, -0.1) is 0 Å². The average Bonchev–Trinajstić information content (AvgIpc) is 2.26. The van der Waals surface area contributed by atoms with E-state index in [9.17, 15) is 9.18 Å². The lowest BCUT2D eigenvalue weighted by Crippen LogP contribution is -2.22. The molecular formula is C14H18FNO3. The van der Waals surface area contributed by atoms with Gasteiger partial charge in [-0.1, -0.05) is 6.42 Å². The third-order valence-electron chi connectivity index (χ3n) is 3.54. The van der Waals surface area contributed by atoms with E-state index in [2.05, 4.69) is 0 Å². The second-order valence-electron chi connectivity index (χ2n) is 4.95. The van der Waals surface area contributed by atoms with Crippen LogP contribution in [0.2, 0.25) is 0 Å². The van der Waals surface area contributed by atoms with Gasteiger partial charge >= 0.3 is 5.97 Å². The summed E-state index contributed by atoms with van der Waals surface area (Å²) in [6, 6.07) is 4.03. The fourth-order valence-corrected chi connectivity index (χ4v) is 2.12. The summed E-state index contributed by atoms with van der Waals surface area (Å²) < 4.78 is 19.0. The van der Waals surface area contributed by atoms with Crippen LogP contribution < -0.4 is 10.5 Å². The molecule has 2 rings (SSSR count). The minimum absolute atomic E-state index is 0.0686. The van der Waals surface area contributed by atoms with Crippen molar-refractivity contribution in [3.8, 4) is 5.75 Å². The second kappa shape index (κ2) is 6.02. The van der Waals surface area contributed by atoms with Gasteiger partial charge in [-0.3, -0.25) is 4.79 Å². The lowest BCUT2D eigenvalue weighted by molar-refractivity contribution is -0.138. The summed E-state index contributed by atoms with van der Waals surface area (Å²) >= 11 is 0. The predicted octanol–water partition coefficient (Wildman–Crippen LogP) is 2.13. The van der Waals surface area contributed by atoms with Crippen molar-refractivity contribution in [2.24, 2.45) is 11.7 Å². The minimum Gasteiger partial charge on any atom is -0.493 e. The molecule has 19 heavy (non-hydrogen) atoms. The Bertz CT molecular complexity index is 460. The maximum atomic E-state index is 13.5. The number of hydrogen-bond donors (Lipinski definition) is 2. The molecule has 0 amide bonds. The molecule has 0 saturated heterocycles. The first-order valence-corrected chi connectivity index (χ1v) is 6.46. The molecule has 0 aromatic heterocycles. The van der Waals surface area contributed by atoms with Crippen molar-refractivity contribution in [3.63, 3.8) is 0 Å². The number of carboxylic acids is 1. The molecule has 5 heteroatoms. The Hall–Kier alpha value is -1.62. The summed E-state index contributed by atoms with van der Waals surface area (Å²) in [5.41, 5.74) is 5.76. The molecular weight excluding hydrogens is 249 g/mol. The molecule has 0 radical (unpaired) electrons. The van der Waals surface area contributed by atoms with Crippen LogP contribution in [0.1, 0.15) is 30.7 Å². The first-order valence-electron chi connectivity index (χ1n) is 6.46. The quantitative estimate of drug-likeness (QED) is 0.828. The normalized spacial score (nSPS) is 16.7. The number of halogens is 1. The zero-order chi connectivity index (χ0) is 13.8. The molecule has 1 aromatic rings. The maximum Gasteiger partial charge on any atom is 0.312 e. The first kappa shape index (κ1) is 13.8. The first-order chi connectivity index (χ1) is 9.10. The van der Waals surface area contributed by atoms with Crippen molar-refractivity contribution >= 4 is 5.97 Å². The van der Waals surface area contributed by atoms with E-state index in [0.29, 0.717) is 23.8 Å². The molecule has 1 atom stereocenters. The Morgan fingerprint density at radius 2 is 2.21 bits per heavy atom. The number of carbonyl (C=O) groups is 1. The van der Waals surface area contributed by atoms with Crippen LogP contribution in [0.5, 0.6) is 5.75 Å². The number of benzene rings is 1. The van der Waals surface area contributed by atoms with Crippen molar-refractivity contribution in [1.82, 2.24) is 0 Å². The van der Waals surface area contributed by atoms with E-state index < -0.39 is 17.7 Å². The van der Waals surface area contributed by atoms with Gasteiger partial charge in [0, 0.05) is 12.6 Å². The van der Waals surface area contributed by atoms with Crippen LogP contribution in [0.15, 0.2) is 18.2 Å². The summed E-state index contributed by atoms with van der Waals surface area (Å²) in [7, 11) is 0. The highest BCUT2D eigenvalue weighted by Crippen LogP contribution is 2.28. The van der Waals surface area contributed by atoms with Crippen LogP contribution in [-0.2, 0) is 4.79 Å². The lowest BCUT2D eigenvalue weighted by atomic mass is 9.86. The van der Waals surface area contributed by atoms with Crippen molar-refractivity contribution < 1.29 is 19.0 Å². The molecule has 0 spiro atoms. The van der Waals surface area contributed by atoms with Gasteiger partial charge in [0.05, 0.1) is 12.5 Å². The molecule has 4 nitrogen and oxygen atoms in total. The molecule has 0 heterocycles. The maximum absolute atomic E-state index is 13.5. The number of nitrogens with two attached hydrogens (primary N) is 1. The Balaban J connectivity index is 2.10. The zero-order valence-electron chi connectivity index (χ0n) is 10.6. The smallest absolute Gasteiger partial charge is 0.312 e. The number of carboxylic acid groups (broad SMARTS) is 1. The highest BCUT2D eigenvalue weighted by Gasteiger charge is 2.21. The van der Waals surface area contributed by atoms with Crippen molar-refractivity contribution in [2.75, 3.05) is 13.2 Å². The topological polar surface area (TPSA) is 72.6 Å². The van der Waals surface area contributed by atoms with E-state index in [1.807, 2.05) is 0 Å². The average molecular weight is 267 g/mol. The van der Waals surface area contributed by atoms with Crippen LogP contribution in [0.4, 0.5) is 4.39 Å². The monoisotopic (exact) mass is 267 g/mol. The highest BCUT2D eigenvalue weighted by atomic mass is 19.1. The van der Waals surface area contributed by atoms with Gasteiger partial charge in [-0.25, -0.2) is 4.39 Å². The summed E-state index contributed by atoms with van der Waals surface area (Å²) in [6.07, 6.45) is 3.50. The van der Waals surface area contributed by atoms with Crippen LogP contribution in [0, 0.1) is 11.7 Å². The molecule has 1 aliphatic carbocycles. The van der Waals surface area contributed by atoms with Crippen LogP contribution in [-0.4, -0.2) is 24.2 Å². The van der Waals surface area contributed by atoms with E-state index in [-0.39, 0.29) is 6.54 Å². The Morgan fingerprint density at radius 1 is 1.47 bits per heavy atom. The largest absolute Gasteiger partial charge is 0.493 e. The Morgan fingerprint density at radius 3 is 2.74 bits per heavy atom. The minimum atomic E-state index is -1.06. The summed E-state index contributed by atoms with van der Waals surface area (Å²) in [5, 5.41) is 9.03. The van der Waals surface area contributed by atoms with Gasteiger partial charge in [-0.05, 0) is 36.5 Å². The van der Waals surface area contributed by atoms with Crippen molar-refractivity contribution in [3.05, 3.63) is 29.6 Å². The Kier molecular flexibility index (Phi) is 4.37. The molecule has 0 aliphatic heterocycles. The molecule has 104 valence electrons. The molecule has 1 fully saturated rings.